The van der Waals surface area contributed by atoms with Crippen molar-refractivity contribution in [2.24, 2.45) is 0 Å². The lowest BCUT2D eigenvalue weighted by atomic mass is 9.98. The van der Waals surface area contributed by atoms with Gasteiger partial charge in [-0.15, -0.1) is 0 Å². The highest BCUT2D eigenvalue weighted by Crippen LogP contribution is 2.43. The van der Waals surface area contributed by atoms with E-state index in [0.29, 0.717) is 11.5 Å². The van der Waals surface area contributed by atoms with Gasteiger partial charge in [0.25, 0.3) is 0 Å². The highest BCUT2D eigenvalue weighted by Gasteiger charge is 2.19. The van der Waals surface area contributed by atoms with Crippen molar-refractivity contribution in [1.82, 2.24) is 0 Å². The molecule has 3 nitrogen and oxygen atoms in total. The zero-order chi connectivity index (χ0) is 11.6. The van der Waals surface area contributed by atoms with E-state index in [0.717, 1.165) is 11.1 Å². The van der Waals surface area contributed by atoms with E-state index in [9.17, 15) is 5.11 Å². The van der Waals surface area contributed by atoms with Gasteiger partial charge >= 0.3 is 0 Å². The SMILES string of the molecule is COc1c(C)cc(O)c(C(C)C)c1OC. The van der Waals surface area contributed by atoms with Crippen LogP contribution < -0.4 is 9.47 Å². The molecule has 0 aliphatic heterocycles. The molecule has 0 unspecified atom stereocenters. The summed E-state index contributed by atoms with van der Waals surface area (Å²) < 4.78 is 10.6. The Labute approximate surface area is 90.6 Å². The van der Waals surface area contributed by atoms with Gasteiger partial charge in [0.2, 0.25) is 0 Å². The van der Waals surface area contributed by atoms with Crippen molar-refractivity contribution in [3.63, 3.8) is 0 Å². The maximum absolute atomic E-state index is 9.86. The summed E-state index contributed by atoms with van der Waals surface area (Å²) in [6.07, 6.45) is 0. The Hall–Kier alpha value is -1.38. The van der Waals surface area contributed by atoms with E-state index in [-0.39, 0.29) is 11.7 Å². The molecule has 0 amide bonds. The number of aromatic hydroxyl groups is 1. The molecule has 1 aromatic rings. The van der Waals surface area contributed by atoms with Crippen molar-refractivity contribution in [1.29, 1.82) is 0 Å². The third kappa shape index (κ3) is 2.01. The average Bonchev–Trinajstić information content (AvgIpc) is 2.15. The molecule has 0 radical (unpaired) electrons. The summed E-state index contributed by atoms with van der Waals surface area (Å²) in [6.45, 7) is 5.89. The third-order valence-corrected chi connectivity index (χ3v) is 2.42. The normalized spacial score (nSPS) is 10.5. The lowest BCUT2D eigenvalue weighted by molar-refractivity contribution is 0.343. The molecule has 1 N–H and O–H groups in total. The number of aryl methyl sites for hydroxylation is 1. The quantitative estimate of drug-likeness (QED) is 0.833. The first-order valence-corrected chi connectivity index (χ1v) is 4.97. The largest absolute Gasteiger partial charge is 0.508 e. The summed E-state index contributed by atoms with van der Waals surface area (Å²) >= 11 is 0. The number of hydrogen-bond donors (Lipinski definition) is 1. The standard InChI is InChI=1S/C12H18O3/c1-7(2)10-9(13)6-8(3)11(14-4)12(10)15-5/h6-7,13H,1-5H3. The Balaban J connectivity index is 3.49. The van der Waals surface area contributed by atoms with Crippen LogP contribution in [-0.2, 0) is 0 Å². The van der Waals surface area contributed by atoms with Crippen LogP contribution in [0.3, 0.4) is 0 Å². The zero-order valence-electron chi connectivity index (χ0n) is 9.92. The summed E-state index contributed by atoms with van der Waals surface area (Å²) in [5.74, 6) is 1.78. The van der Waals surface area contributed by atoms with Gasteiger partial charge in [-0.25, -0.2) is 0 Å². The molecule has 0 atom stereocenters. The third-order valence-electron chi connectivity index (χ3n) is 2.42. The maximum atomic E-state index is 9.86. The van der Waals surface area contributed by atoms with Crippen molar-refractivity contribution in [3.05, 3.63) is 17.2 Å². The molecule has 0 heterocycles. The number of phenols is 1. The smallest absolute Gasteiger partial charge is 0.168 e. The first-order chi connectivity index (χ1) is 7.02. The second-order valence-corrected chi connectivity index (χ2v) is 3.85. The summed E-state index contributed by atoms with van der Waals surface area (Å²) in [6, 6.07) is 1.71. The van der Waals surface area contributed by atoms with Gasteiger partial charge in [0.15, 0.2) is 11.5 Å². The minimum absolute atomic E-state index is 0.189. The van der Waals surface area contributed by atoms with Gasteiger partial charge in [0.05, 0.1) is 14.2 Å². The molecule has 0 aromatic heterocycles. The molecule has 0 bridgehead atoms. The van der Waals surface area contributed by atoms with Crippen LogP contribution in [0.5, 0.6) is 17.2 Å². The molecule has 0 fully saturated rings. The Morgan fingerprint density at radius 1 is 1.13 bits per heavy atom. The number of ether oxygens (including phenoxy) is 2. The van der Waals surface area contributed by atoms with Crippen LogP contribution in [0, 0.1) is 6.92 Å². The van der Waals surface area contributed by atoms with Crippen molar-refractivity contribution in [3.8, 4) is 17.2 Å². The molecule has 0 saturated carbocycles. The number of rotatable bonds is 3. The first kappa shape index (κ1) is 11.7. The Morgan fingerprint density at radius 3 is 2.07 bits per heavy atom. The predicted octanol–water partition coefficient (Wildman–Crippen LogP) is 2.84. The maximum Gasteiger partial charge on any atom is 0.168 e. The minimum atomic E-state index is 0.189. The molecule has 0 aliphatic rings. The second kappa shape index (κ2) is 4.43. The number of hydrogen-bond acceptors (Lipinski definition) is 3. The molecule has 1 aromatic carbocycles. The van der Waals surface area contributed by atoms with Gasteiger partial charge in [-0.1, -0.05) is 13.8 Å². The summed E-state index contributed by atoms with van der Waals surface area (Å²) in [5, 5.41) is 9.86. The number of methoxy groups -OCH3 is 2. The van der Waals surface area contributed by atoms with Gasteiger partial charge < -0.3 is 14.6 Å². The fourth-order valence-corrected chi connectivity index (χ4v) is 1.78. The molecule has 84 valence electrons. The van der Waals surface area contributed by atoms with E-state index in [1.54, 1.807) is 20.3 Å². The monoisotopic (exact) mass is 210 g/mol. The molecule has 3 heteroatoms. The van der Waals surface area contributed by atoms with E-state index >= 15 is 0 Å². The van der Waals surface area contributed by atoms with Gasteiger partial charge in [-0.2, -0.15) is 0 Å². The van der Waals surface area contributed by atoms with Crippen molar-refractivity contribution >= 4 is 0 Å². The summed E-state index contributed by atoms with van der Waals surface area (Å²) in [5.41, 5.74) is 1.66. The number of phenolic OH excluding ortho intramolecular Hbond substituents is 1. The molecule has 0 saturated heterocycles. The second-order valence-electron chi connectivity index (χ2n) is 3.85. The highest BCUT2D eigenvalue weighted by molar-refractivity contribution is 5.58. The lowest BCUT2D eigenvalue weighted by Crippen LogP contribution is -2.00. The molecule has 15 heavy (non-hydrogen) atoms. The highest BCUT2D eigenvalue weighted by atomic mass is 16.5. The van der Waals surface area contributed by atoms with Crippen LogP contribution in [0.1, 0.15) is 30.9 Å². The lowest BCUT2D eigenvalue weighted by Gasteiger charge is -2.18. The Bertz CT molecular complexity index is 356. The van der Waals surface area contributed by atoms with Crippen LogP contribution >= 0.6 is 0 Å². The summed E-state index contributed by atoms with van der Waals surface area (Å²) in [4.78, 5) is 0. The minimum Gasteiger partial charge on any atom is -0.508 e. The van der Waals surface area contributed by atoms with Crippen LogP contribution in [0.15, 0.2) is 6.07 Å². The number of benzene rings is 1. The first-order valence-electron chi connectivity index (χ1n) is 4.97. The Kier molecular flexibility index (Phi) is 3.45. The van der Waals surface area contributed by atoms with E-state index < -0.39 is 0 Å². The van der Waals surface area contributed by atoms with Crippen molar-refractivity contribution < 1.29 is 14.6 Å². The predicted molar refractivity (Wildman–Crippen MR) is 60.0 cm³/mol. The summed E-state index contributed by atoms with van der Waals surface area (Å²) in [7, 11) is 3.19. The molecular formula is C12H18O3. The molecule has 1 rings (SSSR count). The van der Waals surface area contributed by atoms with Crippen LogP contribution in [-0.4, -0.2) is 19.3 Å². The van der Waals surface area contributed by atoms with E-state index in [1.165, 1.54) is 0 Å². The topological polar surface area (TPSA) is 38.7 Å². The fraction of sp³-hybridized carbons (Fsp3) is 0.500. The van der Waals surface area contributed by atoms with Gasteiger partial charge in [0, 0.05) is 5.56 Å². The van der Waals surface area contributed by atoms with Crippen molar-refractivity contribution in [2.45, 2.75) is 26.7 Å². The molecule has 0 aliphatic carbocycles. The van der Waals surface area contributed by atoms with Gasteiger partial charge in [-0.3, -0.25) is 0 Å². The zero-order valence-corrected chi connectivity index (χ0v) is 9.92. The van der Waals surface area contributed by atoms with Crippen LogP contribution in [0.25, 0.3) is 0 Å². The van der Waals surface area contributed by atoms with E-state index in [2.05, 4.69) is 0 Å². The van der Waals surface area contributed by atoms with Gasteiger partial charge in [-0.05, 0) is 24.5 Å². The van der Waals surface area contributed by atoms with Crippen LogP contribution in [0.2, 0.25) is 0 Å². The van der Waals surface area contributed by atoms with Crippen LogP contribution in [0.4, 0.5) is 0 Å². The van der Waals surface area contributed by atoms with E-state index in [4.69, 9.17) is 9.47 Å². The van der Waals surface area contributed by atoms with E-state index in [1.807, 2.05) is 20.8 Å². The Morgan fingerprint density at radius 2 is 1.67 bits per heavy atom. The average molecular weight is 210 g/mol. The molecule has 0 spiro atoms. The molecular weight excluding hydrogens is 192 g/mol. The van der Waals surface area contributed by atoms with Gasteiger partial charge in [0.1, 0.15) is 5.75 Å². The fourth-order valence-electron chi connectivity index (χ4n) is 1.78. The van der Waals surface area contributed by atoms with Crippen molar-refractivity contribution in [2.75, 3.05) is 14.2 Å².